The van der Waals surface area contributed by atoms with Gasteiger partial charge >= 0.3 is 41.5 Å². The monoisotopic (exact) mass is 334 g/mol. The molecule has 7 nitrogen and oxygen atoms in total. The van der Waals surface area contributed by atoms with Gasteiger partial charge < -0.3 is 9.47 Å². The minimum absolute atomic E-state index is 0. The number of esters is 2. The van der Waals surface area contributed by atoms with Crippen molar-refractivity contribution in [1.82, 2.24) is 0 Å². The first-order valence-electron chi connectivity index (χ1n) is 6.37. The Bertz CT molecular complexity index is 435. The van der Waals surface area contributed by atoms with Crippen molar-refractivity contribution in [3.8, 4) is 0 Å². The van der Waals surface area contributed by atoms with E-state index in [-0.39, 0.29) is 36.0 Å². The molecule has 9 heteroatoms. The summed E-state index contributed by atoms with van der Waals surface area (Å²) in [6.45, 7) is 1.98. The van der Waals surface area contributed by atoms with E-state index >= 15 is 0 Å². The number of carbonyl (C=O) groups is 2. The van der Waals surface area contributed by atoms with E-state index in [1.807, 2.05) is 6.92 Å². The van der Waals surface area contributed by atoms with Crippen molar-refractivity contribution in [2.75, 3.05) is 14.2 Å². The molecule has 0 spiro atoms. The maximum atomic E-state index is 11.8. The summed E-state index contributed by atoms with van der Waals surface area (Å²) in [6, 6.07) is 0. The van der Waals surface area contributed by atoms with Crippen molar-refractivity contribution in [3.63, 3.8) is 0 Å². The van der Waals surface area contributed by atoms with Crippen molar-refractivity contribution in [2.45, 2.75) is 50.2 Å². The third-order valence-electron chi connectivity index (χ3n) is 3.14. The van der Waals surface area contributed by atoms with E-state index < -0.39 is 33.2 Å². The van der Waals surface area contributed by atoms with Crippen LogP contribution in [0.2, 0.25) is 0 Å². The van der Waals surface area contributed by atoms with Crippen molar-refractivity contribution >= 4 is 51.6 Å². The average Bonchev–Trinajstić information content (AvgIpc) is 2.39. The summed E-state index contributed by atoms with van der Waals surface area (Å²) in [5.41, 5.74) is 0. The molecule has 0 fully saturated rings. The van der Waals surface area contributed by atoms with Crippen LogP contribution in [0.1, 0.15) is 45.4 Å². The summed E-state index contributed by atoms with van der Waals surface area (Å²) in [7, 11) is -2.73. The van der Waals surface area contributed by atoms with Gasteiger partial charge in [-0.05, 0) is 6.42 Å². The molecule has 0 aliphatic heterocycles. The minimum atomic E-state index is -4.81. The summed E-state index contributed by atoms with van der Waals surface area (Å²) in [6.07, 6.45) is 1.90. The molecule has 0 radical (unpaired) electrons. The molecule has 0 aliphatic rings. The molecule has 0 saturated carbocycles. The second-order valence-electron chi connectivity index (χ2n) is 4.52. The molecule has 1 atom stereocenters. The maximum absolute atomic E-state index is 11.8. The molecule has 0 aromatic heterocycles. The average molecular weight is 334 g/mol. The van der Waals surface area contributed by atoms with E-state index in [4.69, 9.17) is 0 Å². The topological polar surface area (TPSA) is 107 Å². The van der Waals surface area contributed by atoms with Gasteiger partial charge in [0.1, 0.15) is 0 Å². The van der Waals surface area contributed by atoms with Crippen LogP contribution in [0.4, 0.5) is 0 Å². The zero-order chi connectivity index (χ0) is 15.8. The van der Waals surface area contributed by atoms with E-state index in [9.17, 15) is 22.6 Å². The fourth-order valence-corrected chi connectivity index (χ4v) is 2.91. The molecule has 0 bridgehead atoms. The number of unbranched alkanes of at least 4 members (excludes halogenated alkanes) is 3. The van der Waals surface area contributed by atoms with Crippen molar-refractivity contribution in [1.29, 1.82) is 0 Å². The van der Waals surface area contributed by atoms with Crippen LogP contribution in [0.15, 0.2) is 0 Å². The van der Waals surface area contributed by atoms with Crippen LogP contribution in [0.25, 0.3) is 0 Å². The fraction of sp³-hybridized carbons (Fsp3) is 0.833. The predicted octanol–water partition coefficient (Wildman–Crippen LogP) is 0.671. The van der Waals surface area contributed by atoms with E-state index in [2.05, 4.69) is 9.47 Å². The second kappa shape index (κ2) is 10.6. The van der Waals surface area contributed by atoms with E-state index in [1.165, 1.54) is 0 Å². The molecule has 1 unspecified atom stereocenters. The van der Waals surface area contributed by atoms with E-state index in [1.54, 1.807) is 0 Å². The number of ether oxygens (including phenoxy) is 2. The Morgan fingerprint density at radius 2 is 1.67 bits per heavy atom. The molecule has 21 heavy (non-hydrogen) atoms. The summed E-state index contributed by atoms with van der Waals surface area (Å²) in [5.74, 6) is -2.05. The molecule has 0 aromatic carbocycles. The zero-order valence-corrected chi connectivity index (χ0v) is 12.9. The molecular weight excluding hydrogens is 311 g/mol. The van der Waals surface area contributed by atoms with Crippen molar-refractivity contribution < 1.29 is 32.0 Å². The first-order chi connectivity index (χ1) is 9.25. The molecular formula is C12H23NaO7S. The van der Waals surface area contributed by atoms with Gasteiger partial charge in [0.05, 0.1) is 20.6 Å². The Balaban J connectivity index is 0. The summed E-state index contributed by atoms with van der Waals surface area (Å²) >= 11 is 0. The van der Waals surface area contributed by atoms with Gasteiger partial charge in [-0.3, -0.25) is 14.1 Å². The number of rotatable bonds is 9. The standard InChI is InChI=1S/C12H22O7S.Na.H/c1-4-5-6-7-8-12(11(14)19-3,20(15,16)17)9-10(13)18-2;;/h4-9H2,1-3H3,(H,15,16,17);;. The third-order valence-corrected chi connectivity index (χ3v) is 4.65. The Kier molecular flexibility index (Phi) is 11.6. The normalized spacial score (nSPS) is 13.7. The molecule has 120 valence electrons. The quantitative estimate of drug-likeness (QED) is 0.286. The van der Waals surface area contributed by atoms with Crippen LogP contribution in [-0.4, -0.2) is 73.4 Å². The zero-order valence-electron chi connectivity index (χ0n) is 12.0. The number of methoxy groups -OCH3 is 2. The molecule has 0 heterocycles. The van der Waals surface area contributed by atoms with Crippen LogP contribution < -0.4 is 0 Å². The van der Waals surface area contributed by atoms with Gasteiger partial charge in [0.2, 0.25) is 4.75 Å². The van der Waals surface area contributed by atoms with Crippen LogP contribution >= 0.6 is 0 Å². The SMILES string of the molecule is CCCCCCC(CC(=O)OC)(C(=O)OC)S(=O)(=O)O.[NaH]. The molecule has 0 amide bonds. The first kappa shape index (κ1) is 23.1. The second-order valence-corrected chi connectivity index (χ2v) is 6.26. The van der Waals surface area contributed by atoms with Gasteiger partial charge in [-0.2, -0.15) is 8.42 Å². The van der Waals surface area contributed by atoms with Gasteiger partial charge in [0, 0.05) is 0 Å². The Morgan fingerprint density at radius 1 is 1.10 bits per heavy atom. The Hall–Kier alpha value is -0.150. The summed E-state index contributed by atoms with van der Waals surface area (Å²) < 4.78 is 39.2. The third kappa shape index (κ3) is 6.65. The molecule has 0 aromatic rings. The Labute approximate surface area is 147 Å². The first-order valence-corrected chi connectivity index (χ1v) is 7.81. The molecule has 0 saturated heterocycles. The molecule has 1 N–H and O–H groups in total. The molecule has 0 aliphatic carbocycles. The fourth-order valence-electron chi connectivity index (χ4n) is 1.92. The molecule has 0 rings (SSSR count). The van der Waals surface area contributed by atoms with Crippen molar-refractivity contribution in [3.05, 3.63) is 0 Å². The summed E-state index contributed by atoms with van der Waals surface area (Å²) in [5, 5.41) is 0. The number of hydrogen-bond acceptors (Lipinski definition) is 6. The van der Waals surface area contributed by atoms with Crippen LogP contribution in [0, 0.1) is 0 Å². The number of hydrogen-bond donors (Lipinski definition) is 1. The Morgan fingerprint density at radius 3 is 2.05 bits per heavy atom. The van der Waals surface area contributed by atoms with Gasteiger partial charge in [-0.25, -0.2) is 0 Å². The summed E-state index contributed by atoms with van der Waals surface area (Å²) in [4.78, 5) is 23.2. The number of carbonyl (C=O) groups excluding carboxylic acids is 2. The van der Waals surface area contributed by atoms with Crippen LogP contribution in [-0.2, 0) is 29.2 Å². The van der Waals surface area contributed by atoms with E-state index in [0.29, 0.717) is 12.8 Å². The van der Waals surface area contributed by atoms with E-state index in [0.717, 1.165) is 27.1 Å². The van der Waals surface area contributed by atoms with Gasteiger partial charge in [-0.15, -0.1) is 0 Å². The predicted molar refractivity (Wildman–Crippen MR) is 78.8 cm³/mol. The van der Waals surface area contributed by atoms with Gasteiger partial charge in [0.15, 0.2) is 0 Å². The van der Waals surface area contributed by atoms with Crippen LogP contribution in [0.3, 0.4) is 0 Å². The van der Waals surface area contributed by atoms with Gasteiger partial charge in [-0.1, -0.05) is 32.6 Å². The van der Waals surface area contributed by atoms with Crippen molar-refractivity contribution in [2.24, 2.45) is 0 Å². The van der Waals surface area contributed by atoms with Crippen LogP contribution in [0.5, 0.6) is 0 Å². The van der Waals surface area contributed by atoms with Gasteiger partial charge in [0.25, 0.3) is 10.1 Å².